The van der Waals surface area contributed by atoms with Crippen LogP contribution in [0.1, 0.15) is 5.56 Å². The molecule has 0 radical (unpaired) electrons. The number of piperazine rings is 1. The van der Waals surface area contributed by atoms with Crippen LogP contribution in [-0.4, -0.2) is 43.5 Å². The minimum Gasteiger partial charge on any atom is -0.387 e. The number of anilines is 1. The van der Waals surface area contributed by atoms with Crippen molar-refractivity contribution in [1.82, 2.24) is 4.90 Å². The van der Waals surface area contributed by atoms with Gasteiger partial charge in [0.05, 0.1) is 6.54 Å². The second-order valence-corrected chi connectivity index (χ2v) is 4.63. The Morgan fingerprint density at radius 3 is 2.59 bits per heavy atom. The minimum atomic E-state index is 0.258. The Bertz CT molecular complexity index is 394. The smallest absolute Gasteiger partial charge is 0.105 e. The number of hydrogen-bond donors (Lipinski definition) is 2. The van der Waals surface area contributed by atoms with Crippen LogP contribution in [0.4, 0.5) is 5.69 Å². The van der Waals surface area contributed by atoms with Crippen molar-refractivity contribution in [2.45, 2.75) is 6.92 Å². The molecule has 0 amide bonds. The molecule has 4 heteroatoms. The molecule has 1 heterocycles. The van der Waals surface area contributed by atoms with Gasteiger partial charge in [-0.3, -0.25) is 10.3 Å². The summed E-state index contributed by atoms with van der Waals surface area (Å²) in [6.45, 7) is 6.70. The van der Waals surface area contributed by atoms with Gasteiger partial charge in [0.2, 0.25) is 0 Å². The highest BCUT2D eigenvalue weighted by molar-refractivity contribution is 5.78. The molecule has 0 aliphatic carbocycles. The lowest BCUT2D eigenvalue weighted by atomic mass is 10.2. The van der Waals surface area contributed by atoms with Crippen LogP contribution >= 0.6 is 0 Å². The third kappa shape index (κ3) is 3.20. The Morgan fingerprint density at radius 2 is 2.00 bits per heavy atom. The lowest BCUT2D eigenvalue weighted by Crippen LogP contribution is -2.48. The Kier molecular flexibility index (Phi) is 3.64. The van der Waals surface area contributed by atoms with E-state index in [0.29, 0.717) is 6.54 Å². The number of hydrogen-bond acceptors (Lipinski definition) is 3. The van der Waals surface area contributed by atoms with Crippen LogP contribution in [0, 0.1) is 12.3 Å². The molecule has 92 valence electrons. The fourth-order valence-electron chi connectivity index (χ4n) is 2.23. The molecule has 0 aromatic heterocycles. The van der Waals surface area contributed by atoms with E-state index >= 15 is 0 Å². The molecule has 0 atom stereocenters. The van der Waals surface area contributed by atoms with E-state index in [2.05, 4.69) is 41.0 Å². The highest BCUT2D eigenvalue weighted by atomic mass is 15.3. The van der Waals surface area contributed by atoms with Gasteiger partial charge in [0.15, 0.2) is 0 Å². The average molecular weight is 232 g/mol. The average Bonchev–Trinajstić information content (AvgIpc) is 2.29. The first-order valence-electron chi connectivity index (χ1n) is 6.02. The van der Waals surface area contributed by atoms with E-state index in [9.17, 15) is 0 Å². The van der Waals surface area contributed by atoms with E-state index in [1.807, 2.05) is 0 Å². The summed E-state index contributed by atoms with van der Waals surface area (Å²) in [7, 11) is 0. The van der Waals surface area contributed by atoms with Crippen molar-refractivity contribution in [3.8, 4) is 0 Å². The molecule has 1 aromatic rings. The van der Waals surface area contributed by atoms with E-state index in [1.165, 1.54) is 11.3 Å². The van der Waals surface area contributed by atoms with Gasteiger partial charge in [-0.25, -0.2) is 0 Å². The van der Waals surface area contributed by atoms with E-state index in [1.54, 1.807) is 0 Å². The highest BCUT2D eigenvalue weighted by Crippen LogP contribution is 2.17. The van der Waals surface area contributed by atoms with Gasteiger partial charge in [-0.2, -0.15) is 0 Å². The number of nitrogens with one attached hydrogen (secondary N) is 1. The molecule has 0 saturated carbocycles. The second kappa shape index (κ2) is 5.19. The van der Waals surface area contributed by atoms with Crippen molar-refractivity contribution in [2.24, 2.45) is 5.73 Å². The molecule has 17 heavy (non-hydrogen) atoms. The SMILES string of the molecule is Cc1cccc(N2CCN(CC(=N)N)CC2)c1. The third-order valence-electron chi connectivity index (χ3n) is 3.13. The van der Waals surface area contributed by atoms with Crippen molar-refractivity contribution >= 4 is 11.5 Å². The summed E-state index contributed by atoms with van der Waals surface area (Å²) in [6, 6.07) is 8.61. The van der Waals surface area contributed by atoms with Gasteiger partial charge in [-0.05, 0) is 24.6 Å². The number of amidine groups is 1. The van der Waals surface area contributed by atoms with Crippen LogP contribution in [0.15, 0.2) is 24.3 Å². The van der Waals surface area contributed by atoms with Gasteiger partial charge in [-0.15, -0.1) is 0 Å². The van der Waals surface area contributed by atoms with E-state index in [0.717, 1.165) is 26.2 Å². The zero-order chi connectivity index (χ0) is 12.3. The molecule has 0 spiro atoms. The lowest BCUT2D eigenvalue weighted by Gasteiger charge is -2.35. The minimum absolute atomic E-state index is 0.258. The number of nitrogens with two attached hydrogens (primary N) is 1. The highest BCUT2D eigenvalue weighted by Gasteiger charge is 2.17. The molecule has 1 aliphatic heterocycles. The molecule has 4 nitrogen and oxygen atoms in total. The summed E-state index contributed by atoms with van der Waals surface area (Å²) in [5, 5.41) is 7.30. The molecule has 1 saturated heterocycles. The monoisotopic (exact) mass is 232 g/mol. The van der Waals surface area contributed by atoms with Crippen LogP contribution < -0.4 is 10.6 Å². The van der Waals surface area contributed by atoms with E-state index < -0.39 is 0 Å². The lowest BCUT2D eigenvalue weighted by molar-refractivity contribution is 0.291. The molecular formula is C13H20N4. The zero-order valence-corrected chi connectivity index (χ0v) is 10.3. The maximum Gasteiger partial charge on any atom is 0.105 e. The summed E-state index contributed by atoms with van der Waals surface area (Å²) in [5.74, 6) is 0.258. The van der Waals surface area contributed by atoms with Gasteiger partial charge in [0.1, 0.15) is 5.84 Å². The zero-order valence-electron chi connectivity index (χ0n) is 10.3. The summed E-state index contributed by atoms with van der Waals surface area (Å²) in [4.78, 5) is 4.62. The first-order chi connectivity index (χ1) is 8.15. The summed E-state index contributed by atoms with van der Waals surface area (Å²) < 4.78 is 0. The maximum absolute atomic E-state index is 7.30. The first kappa shape index (κ1) is 11.9. The second-order valence-electron chi connectivity index (χ2n) is 4.63. The van der Waals surface area contributed by atoms with E-state index in [4.69, 9.17) is 11.1 Å². The van der Waals surface area contributed by atoms with Gasteiger partial charge < -0.3 is 10.6 Å². The van der Waals surface area contributed by atoms with Crippen molar-refractivity contribution in [3.05, 3.63) is 29.8 Å². The molecule has 3 N–H and O–H groups in total. The standard InChI is InChI=1S/C13H20N4/c1-11-3-2-4-12(9-11)17-7-5-16(6-8-17)10-13(14)15/h2-4,9H,5-8,10H2,1H3,(H3,14,15). The third-order valence-corrected chi connectivity index (χ3v) is 3.13. The molecule has 1 aliphatic rings. The molecular weight excluding hydrogens is 212 g/mol. The predicted octanol–water partition coefficient (Wildman–Crippen LogP) is 1.05. The Balaban J connectivity index is 1.93. The number of nitrogens with zero attached hydrogens (tertiary/aromatic N) is 2. The van der Waals surface area contributed by atoms with Crippen molar-refractivity contribution < 1.29 is 0 Å². The number of aryl methyl sites for hydroxylation is 1. The van der Waals surface area contributed by atoms with Gasteiger partial charge >= 0.3 is 0 Å². The Labute approximate surface area is 103 Å². The quantitative estimate of drug-likeness (QED) is 0.605. The molecule has 1 fully saturated rings. The fraction of sp³-hybridized carbons (Fsp3) is 0.462. The normalized spacial score (nSPS) is 17.1. The van der Waals surface area contributed by atoms with E-state index in [-0.39, 0.29) is 5.84 Å². The maximum atomic E-state index is 7.30. The van der Waals surface area contributed by atoms with Crippen LogP contribution in [0.3, 0.4) is 0 Å². The van der Waals surface area contributed by atoms with Crippen molar-refractivity contribution in [2.75, 3.05) is 37.6 Å². The molecule has 0 unspecified atom stereocenters. The summed E-state index contributed by atoms with van der Waals surface area (Å²) in [6.07, 6.45) is 0. The van der Waals surface area contributed by atoms with Crippen molar-refractivity contribution in [3.63, 3.8) is 0 Å². The fourth-order valence-corrected chi connectivity index (χ4v) is 2.23. The largest absolute Gasteiger partial charge is 0.387 e. The van der Waals surface area contributed by atoms with Gasteiger partial charge in [-0.1, -0.05) is 12.1 Å². The summed E-state index contributed by atoms with van der Waals surface area (Å²) in [5.41, 5.74) is 8.02. The van der Waals surface area contributed by atoms with Crippen molar-refractivity contribution in [1.29, 1.82) is 5.41 Å². The first-order valence-corrected chi connectivity index (χ1v) is 6.02. The number of benzene rings is 1. The Hall–Kier alpha value is -1.55. The Morgan fingerprint density at radius 1 is 1.29 bits per heavy atom. The molecule has 2 rings (SSSR count). The summed E-state index contributed by atoms with van der Waals surface area (Å²) >= 11 is 0. The molecule has 1 aromatic carbocycles. The van der Waals surface area contributed by atoms with Crippen LogP contribution in [0.5, 0.6) is 0 Å². The van der Waals surface area contributed by atoms with Gasteiger partial charge in [0, 0.05) is 31.9 Å². The van der Waals surface area contributed by atoms with Crippen LogP contribution in [0.25, 0.3) is 0 Å². The van der Waals surface area contributed by atoms with Crippen LogP contribution in [-0.2, 0) is 0 Å². The van der Waals surface area contributed by atoms with Crippen LogP contribution in [0.2, 0.25) is 0 Å². The van der Waals surface area contributed by atoms with Gasteiger partial charge in [0.25, 0.3) is 0 Å². The number of rotatable bonds is 3. The predicted molar refractivity (Wildman–Crippen MR) is 71.7 cm³/mol. The topological polar surface area (TPSA) is 56.4 Å². The molecule has 0 bridgehead atoms.